The average Bonchev–Trinajstić information content (AvgIpc) is 2.97. The lowest BCUT2D eigenvalue weighted by Gasteiger charge is -2.53. The third-order valence-corrected chi connectivity index (χ3v) is 8.59. The van der Waals surface area contributed by atoms with Gasteiger partial charge in [0, 0.05) is 37.0 Å². The third kappa shape index (κ3) is 4.22. The summed E-state index contributed by atoms with van der Waals surface area (Å²) < 4.78 is 13.6. The molecule has 38 heavy (non-hydrogen) atoms. The molecule has 7 rings (SSSR count). The quantitative estimate of drug-likeness (QED) is 0.399. The van der Waals surface area contributed by atoms with Gasteiger partial charge in [0.05, 0.1) is 41.4 Å². The molecule has 1 saturated carbocycles. The lowest BCUT2D eigenvalue weighted by molar-refractivity contribution is -0.165. The van der Waals surface area contributed by atoms with Gasteiger partial charge in [-0.2, -0.15) is 5.26 Å². The molecule has 1 aliphatic carbocycles. The van der Waals surface area contributed by atoms with E-state index in [1.165, 1.54) is 0 Å². The number of para-hydroxylation sites is 1. The number of rotatable bonds is 7. The first-order valence-corrected chi connectivity index (χ1v) is 13.1. The summed E-state index contributed by atoms with van der Waals surface area (Å²) in [6.07, 6.45) is 7.02. The molecule has 8 heteroatoms. The highest BCUT2D eigenvalue weighted by Gasteiger charge is 2.49. The van der Waals surface area contributed by atoms with Crippen molar-refractivity contribution in [3.63, 3.8) is 0 Å². The van der Waals surface area contributed by atoms with Crippen molar-refractivity contribution in [2.24, 2.45) is 7.05 Å². The van der Waals surface area contributed by atoms with E-state index >= 15 is 0 Å². The summed E-state index contributed by atoms with van der Waals surface area (Å²) in [6, 6.07) is 15.9. The Balaban J connectivity index is 1.16. The molecule has 0 unspecified atom stereocenters. The topological polar surface area (TPSA) is 102 Å². The molecule has 2 bridgehead atoms. The maximum absolute atomic E-state index is 13.0. The minimum absolute atomic E-state index is 0.0394. The molecule has 8 nitrogen and oxygen atoms in total. The molecule has 0 radical (unpaired) electrons. The van der Waals surface area contributed by atoms with Crippen LogP contribution in [-0.4, -0.2) is 39.4 Å². The summed E-state index contributed by atoms with van der Waals surface area (Å²) in [4.78, 5) is 22.0. The van der Waals surface area contributed by atoms with Gasteiger partial charge in [0.2, 0.25) is 5.88 Å². The summed E-state index contributed by atoms with van der Waals surface area (Å²) in [5.74, 6) is 0.512. The molecule has 5 heterocycles. The van der Waals surface area contributed by atoms with Gasteiger partial charge in [0.1, 0.15) is 6.07 Å². The van der Waals surface area contributed by atoms with Gasteiger partial charge < -0.3 is 19.4 Å². The fraction of sp³-hybridized carbons (Fsp3) is 0.400. The highest BCUT2D eigenvalue weighted by molar-refractivity contribution is 5.80. The number of fused-ring (bicyclic) bond motifs is 5. The minimum atomic E-state index is -0.205. The van der Waals surface area contributed by atoms with E-state index in [2.05, 4.69) is 21.4 Å². The van der Waals surface area contributed by atoms with Crippen molar-refractivity contribution in [2.75, 3.05) is 13.7 Å². The van der Waals surface area contributed by atoms with Crippen LogP contribution in [0.15, 0.2) is 53.5 Å². The Morgan fingerprint density at radius 2 is 2.00 bits per heavy atom. The number of nitrogens with zero attached hydrogens (tertiary/aromatic N) is 4. The van der Waals surface area contributed by atoms with Crippen LogP contribution in [-0.2, 0) is 24.8 Å². The van der Waals surface area contributed by atoms with Crippen LogP contribution >= 0.6 is 0 Å². The number of aromatic nitrogens is 3. The first-order valence-electron chi connectivity index (χ1n) is 13.1. The number of nitriles is 1. The second kappa shape index (κ2) is 9.50. The van der Waals surface area contributed by atoms with Crippen LogP contribution in [0.5, 0.6) is 5.88 Å². The Morgan fingerprint density at radius 1 is 1.18 bits per heavy atom. The minimum Gasteiger partial charge on any atom is -0.481 e. The lowest BCUT2D eigenvalue weighted by Crippen LogP contribution is -2.61. The molecular formula is C30H31N5O3. The number of hydrogen-bond donors (Lipinski definition) is 1. The molecule has 0 spiro atoms. The van der Waals surface area contributed by atoms with E-state index in [4.69, 9.17) is 9.47 Å². The standard InChI is InChI=1S/C30H31N5O3/c1-35-25-6-4-3-5-20(25)15-21(28(35)36)18-33-29-11-13-30(14-12-29,38-19-29)10-9-23-22(16-31)17-32-24-7-8-26(37-2)34-27(23)24/h3-8,15,17,33H,9-14,18-19H2,1-2H3. The first kappa shape index (κ1) is 24.5. The Kier molecular flexibility index (Phi) is 6.13. The second-order valence-corrected chi connectivity index (χ2v) is 10.7. The maximum Gasteiger partial charge on any atom is 0.255 e. The van der Waals surface area contributed by atoms with Crippen LogP contribution in [0.1, 0.15) is 48.8 Å². The number of aryl methyl sites for hydroxylation is 2. The van der Waals surface area contributed by atoms with Crippen molar-refractivity contribution in [3.05, 3.63) is 75.7 Å². The number of pyridine rings is 3. The Labute approximate surface area is 221 Å². The van der Waals surface area contributed by atoms with E-state index in [-0.39, 0.29) is 16.7 Å². The maximum atomic E-state index is 13.0. The fourth-order valence-corrected chi connectivity index (χ4v) is 6.13. The fourth-order valence-electron chi connectivity index (χ4n) is 6.13. The molecule has 4 aromatic rings. The largest absolute Gasteiger partial charge is 0.481 e. The van der Waals surface area contributed by atoms with Crippen molar-refractivity contribution < 1.29 is 9.47 Å². The summed E-state index contributed by atoms with van der Waals surface area (Å²) >= 11 is 0. The van der Waals surface area contributed by atoms with E-state index in [1.807, 2.05) is 43.4 Å². The van der Waals surface area contributed by atoms with Gasteiger partial charge in [-0.3, -0.25) is 9.78 Å². The van der Waals surface area contributed by atoms with Gasteiger partial charge in [-0.15, -0.1) is 0 Å². The zero-order valence-corrected chi connectivity index (χ0v) is 21.8. The Morgan fingerprint density at radius 3 is 2.74 bits per heavy atom. The summed E-state index contributed by atoms with van der Waals surface area (Å²) in [5.41, 5.74) is 4.37. The van der Waals surface area contributed by atoms with Gasteiger partial charge in [0.25, 0.3) is 5.56 Å². The van der Waals surface area contributed by atoms with Gasteiger partial charge in [-0.05, 0) is 67.7 Å². The number of ether oxygens (including phenoxy) is 2. The van der Waals surface area contributed by atoms with Crippen LogP contribution in [0, 0.1) is 11.3 Å². The molecule has 3 aliphatic rings. The van der Waals surface area contributed by atoms with E-state index in [9.17, 15) is 10.1 Å². The Bertz CT molecular complexity index is 1610. The monoisotopic (exact) mass is 509 g/mol. The van der Waals surface area contributed by atoms with Crippen molar-refractivity contribution in [1.29, 1.82) is 5.26 Å². The highest BCUT2D eigenvalue weighted by Crippen LogP contribution is 2.46. The number of benzene rings is 1. The third-order valence-electron chi connectivity index (χ3n) is 8.59. The summed E-state index contributed by atoms with van der Waals surface area (Å²) in [6.45, 7) is 1.14. The molecule has 1 aromatic carbocycles. The van der Waals surface area contributed by atoms with Crippen LogP contribution < -0.4 is 15.6 Å². The molecular weight excluding hydrogens is 478 g/mol. The smallest absolute Gasteiger partial charge is 0.255 e. The average molecular weight is 510 g/mol. The molecule has 2 aliphatic heterocycles. The van der Waals surface area contributed by atoms with Crippen molar-refractivity contribution in [3.8, 4) is 11.9 Å². The molecule has 0 amide bonds. The second-order valence-electron chi connectivity index (χ2n) is 10.7. The zero-order chi connectivity index (χ0) is 26.3. The number of hydrogen-bond acceptors (Lipinski definition) is 7. The summed E-state index contributed by atoms with van der Waals surface area (Å²) in [5, 5.41) is 14.5. The zero-order valence-electron chi connectivity index (χ0n) is 21.8. The predicted molar refractivity (Wildman–Crippen MR) is 145 cm³/mol. The molecule has 2 saturated heterocycles. The highest BCUT2D eigenvalue weighted by atomic mass is 16.5. The number of nitrogens with one attached hydrogen (secondary N) is 1. The number of methoxy groups -OCH3 is 1. The van der Waals surface area contributed by atoms with Crippen LogP contribution in [0.25, 0.3) is 21.9 Å². The SMILES string of the molecule is COc1ccc2ncc(C#N)c(CCC34CCC(NCc5cc6ccccc6n(C)c5=O)(CC3)CO4)c2n1. The normalized spacial score (nSPS) is 22.6. The predicted octanol–water partition coefficient (Wildman–Crippen LogP) is 4.17. The van der Waals surface area contributed by atoms with Crippen molar-refractivity contribution in [2.45, 2.75) is 56.2 Å². The lowest BCUT2D eigenvalue weighted by atomic mass is 9.69. The first-order chi connectivity index (χ1) is 18.4. The van der Waals surface area contributed by atoms with Gasteiger partial charge in [0.15, 0.2) is 0 Å². The van der Waals surface area contributed by atoms with Crippen LogP contribution in [0.4, 0.5) is 0 Å². The molecule has 1 N–H and O–H groups in total. The van der Waals surface area contributed by atoms with Gasteiger partial charge >= 0.3 is 0 Å². The van der Waals surface area contributed by atoms with E-state index in [0.717, 1.165) is 65.2 Å². The van der Waals surface area contributed by atoms with Crippen molar-refractivity contribution >= 4 is 21.9 Å². The van der Waals surface area contributed by atoms with Crippen molar-refractivity contribution in [1.82, 2.24) is 19.9 Å². The van der Waals surface area contributed by atoms with Gasteiger partial charge in [-0.1, -0.05) is 18.2 Å². The molecule has 3 fully saturated rings. The van der Waals surface area contributed by atoms with E-state index in [0.29, 0.717) is 31.0 Å². The van der Waals surface area contributed by atoms with Crippen LogP contribution in [0.3, 0.4) is 0 Å². The van der Waals surface area contributed by atoms with Crippen LogP contribution in [0.2, 0.25) is 0 Å². The summed E-state index contributed by atoms with van der Waals surface area (Å²) in [7, 11) is 3.42. The van der Waals surface area contributed by atoms with Gasteiger partial charge in [-0.25, -0.2) is 4.98 Å². The molecule has 0 atom stereocenters. The van der Waals surface area contributed by atoms with E-state index in [1.54, 1.807) is 23.9 Å². The van der Waals surface area contributed by atoms with E-state index < -0.39 is 0 Å². The molecule has 194 valence electrons. The molecule has 3 aromatic heterocycles. The Hall–Kier alpha value is -3.80.